The van der Waals surface area contributed by atoms with Crippen molar-refractivity contribution in [3.63, 3.8) is 0 Å². The minimum atomic E-state index is -0.0118. The van der Waals surface area contributed by atoms with Crippen LogP contribution in [0.1, 0.15) is 23.2 Å². The summed E-state index contributed by atoms with van der Waals surface area (Å²) in [5, 5.41) is 5.77. The van der Waals surface area contributed by atoms with E-state index in [9.17, 15) is 4.79 Å². The predicted octanol–water partition coefficient (Wildman–Crippen LogP) is 4.18. The smallest absolute Gasteiger partial charge is 0.220 e. The number of carbonyl (C=O) groups excluding carboxylic acids is 1. The maximum absolute atomic E-state index is 12.5. The topological polar surface area (TPSA) is 67.6 Å². The van der Waals surface area contributed by atoms with E-state index >= 15 is 0 Å². The highest BCUT2D eigenvalue weighted by Crippen LogP contribution is 2.28. The number of aryl methyl sites for hydroxylation is 1. The largest absolute Gasteiger partial charge is 0.441 e. The summed E-state index contributed by atoms with van der Waals surface area (Å²) in [6.45, 7) is 3.79. The van der Waals surface area contributed by atoms with Crippen molar-refractivity contribution in [3.05, 3.63) is 63.8 Å². The molecule has 1 atom stereocenters. The fourth-order valence-electron chi connectivity index (χ4n) is 3.51. The van der Waals surface area contributed by atoms with Gasteiger partial charge in [-0.25, -0.2) is 4.98 Å². The summed E-state index contributed by atoms with van der Waals surface area (Å²) in [4.78, 5) is 20.4. The molecule has 0 spiro atoms. The molecule has 4 rings (SSSR count). The molecule has 1 aromatic carbocycles. The first-order valence-corrected chi connectivity index (χ1v) is 11.3. The van der Waals surface area contributed by atoms with E-state index < -0.39 is 0 Å². The summed E-state index contributed by atoms with van der Waals surface area (Å²) >= 11 is 7.93. The zero-order valence-corrected chi connectivity index (χ0v) is 18.1. The molecule has 1 aliphatic rings. The van der Waals surface area contributed by atoms with E-state index in [1.54, 1.807) is 17.5 Å². The van der Waals surface area contributed by atoms with Crippen molar-refractivity contribution < 1.29 is 13.9 Å². The number of morpholine rings is 1. The molecular weight excluding hydrogens is 422 g/mol. The van der Waals surface area contributed by atoms with Crippen molar-refractivity contribution in [3.8, 4) is 11.3 Å². The third-order valence-electron chi connectivity index (χ3n) is 5.11. The van der Waals surface area contributed by atoms with Gasteiger partial charge < -0.3 is 14.5 Å². The number of hydrogen-bond acceptors (Lipinski definition) is 6. The zero-order chi connectivity index (χ0) is 20.8. The molecule has 30 heavy (non-hydrogen) atoms. The lowest BCUT2D eigenvalue weighted by atomic mass is 10.2. The Morgan fingerprint density at radius 3 is 2.83 bits per heavy atom. The third-order valence-corrected chi connectivity index (χ3v) is 6.41. The van der Waals surface area contributed by atoms with Gasteiger partial charge in [0.05, 0.1) is 30.5 Å². The van der Waals surface area contributed by atoms with E-state index in [-0.39, 0.29) is 11.9 Å². The van der Waals surface area contributed by atoms with Gasteiger partial charge >= 0.3 is 0 Å². The second-order valence-electron chi connectivity index (χ2n) is 7.08. The lowest BCUT2D eigenvalue weighted by Crippen LogP contribution is -2.43. The minimum absolute atomic E-state index is 0.0118. The molecule has 6 nitrogen and oxygen atoms in total. The Labute approximate surface area is 184 Å². The lowest BCUT2D eigenvalue weighted by molar-refractivity contribution is -0.121. The van der Waals surface area contributed by atoms with Gasteiger partial charge in [-0.15, -0.1) is 11.3 Å². The number of amides is 1. The fraction of sp³-hybridized carbons (Fsp3) is 0.364. The van der Waals surface area contributed by atoms with Gasteiger partial charge in [0.25, 0.3) is 0 Å². The summed E-state index contributed by atoms with van der Waals surface area (Å²) in [7, 11) is 0. The molecular formula is C22H24ClN3O3S. The van der Waals surface area contributed by atoms with Gasteiger partial charge in [0.15, 0.2) is 11.7 Å². The van der Waals surface area contributed by atoms with E-state index in [2.05, 4.69) is 32.7 Å². The minimum Gasteiger partial charge on any atom is -0.441 e. The number of hydrogen-bond donors (Lipinski definition) is 1. The predicted molar refractivity (Wildman–Crippen MR) is 118 cm³/mol. The molecule has 3 aromatic rings. The van der Waals surface area contributed by atoms with E-state index in [0.717, 1.165) is 31.9 Å². The molecule has 158 valence electrons. The van der Waals surface area contributed by atoms with Crippen LogP contribution in [-0.4, -0.2) is 48.6 Å². The van der Waals surface area contributed by atoms with Crippen LogP contribution >= 0.6 is 22.9 Å². The van der Waals surface area contributed by atoms with Gasteiger partial charge in [0, 0.05) is 42.9 Å². The van der Waals surface area contributed by atoms with Gasteiger partial charge in [-0.2, -0.15) is 0 Å². The molecule has 1 amide bonds. The maximum Gasteiger partial charge on any atom is 0.220 e. The highest BCUT2D eigenvalue weighted by molar-refractivity contribution is 7.10. The van der Waals surface area contributed by atoms with Crippen molar-refractivity contribution in [1.29, 1.82) is 0 Å². The molecule has 0 radical (unpaired) electrons. The van der Waals surface area contributed by atoms with Crippen molar-refractivity contribution in [2.45, 2.75) is 18.9 Å². The molecule has 1 fully saturated rings. The highest BCUT2D eigenvalue weighted by atomic mass is 35.5. The Hall–Kier alpha value is -2.19. The molecule has 1 aliphatic heterocycles. The number of thiophene rings is 1. The number of rotatable bonds is 8. The van der Waals surface area contributed by atoms with Crippen LogP contribution < -0.4 is 5.32 Å². The van der Waals surface area contributed by atoms with Crippen molar-refractivity contribution in [2.24, 2.45) is 0 Å². The van der Waals surface area contributed by atoms with Crippen LogP contribution in [0.25, 0.3) is 11.3 Å². The molecule has 0 unspecified atom stereocenters. The molecule has 0 bridgehead atoms. The molecule has 8 heteroatoms. The van der Waals surface area contributed by atoms with Crippen LogP contribution in [0.2, 0.25) is 5.02 Å². The summed E-state index contributed by atoms with van der Waals surface area (Å²) in [6, 6.07) is 11.8. The molecule has 0 aliphatic carbocycles. The van der Waals surface area contributed by atoms with Crippen LogP contribution in [0.4, 0.5) is 0 Å². The molecule has 0 saturated carbocycles. The first-order chi connectivity index (χ1) is 14.7. The van der Waals surface area contributed by atoms with Gasteiger partial charge in [-0.1, -0.05) is 29.8 Å². The number of nitrogens with zero attached hydrogens (tertiary/aromatic N) is 2. The van der Waals surface area contributed by atoms with Gasteiger partial charge in [-0.05, 0) is 23.6 Å². The van der Waals surface area contributed by atoms with E-state index in [1.165, 1.54) is 4.88 Å². The molecule has 1 N–H and O–H groups in total. The standard InChI is InChI=1S/C22H24ClN3O3S/c23-17-5-2-1-4-16(17)19-15-25-22(29-19)8-7-21(27)24-14-18(20-6-3-13-30-20)26-9-11-28-12-10-26/h1-6,13,15,18H,7-12,14H2,(H,24,27)/t18-/m1/s1. The Bertz CT molecular complexity index is 954. The van der Waals surface area contributed by atoms with Crippen molar-refractivity contribution in [1.82, 2.24) is 15.2 Å². The SMILES string of the molecule is O=C(CCc1ncc(-c2ccccc2Cl)o1)NC[C@H](c1cccs1)N1CCOCC1. The van der Waals surface area contributed by atoms with Crippen molar-refractivity contribution >= 4 is 28.8 Å². The zero-order valence-electron chi connectivity index (χ0n) is 16.6. The maximum atomic E-state index is 12.5. The van der Waals surface area contributed by atoms with Gasteiger partial charge in [0.1, 0.15) is 0 Å². The Kier molecular flexibility index (Phi) is 7.17. The number of benzene rings is 1. The van der Waals surface area contributed by atoms with Crippen molar-refractivity contribution in [2.75, 3.05) is 32.8 Å². The highest BCUT2D eigenvalue weighted by Gasteiger charge is 2.24. The summed E-state index contributed by atoms with van der Waals surface area (Å²) < 4.78 is 11.3. The summed E-state index contributed by atoms with van der Waals surface area (Å²) in [5.74, 6) is 1.13. The average molecular weight is 446 g/mol. The normalized spacial score (nSPS) is 15.8. The van der Waals surface area contributed by atoms with E-state index in [0.29, 0.717) is 36.1 Å². The monoisotopic (exact) mass is 445 g/mol. The number of ether oxygens (including phenoxy) is 1. The Balaban J connectivity index is 1.30. The van der Waals surface area contributed by atoms with Gasteiger partial charge in [-0.3, -0.25) is 9.69 Å². The number of oxazole rings is 1. The van der Waals surface area contributed by atoms with Crippen LogP contribution in [0.5, 0.6) is 0 Å². The first kappa shape index (κ1) is 21.1. The quantitative estimate of drug-likeness (QED) is 0.563. The van der Waals surface area contributed by atoms with E-state index in [1.807, 2.05) is 24.3 Å². The first-order valence-electron chi connectivity index (χ1n) is 10.0. The van der Waals surface area contributed by atoms with Crippen LogP contribution in [0.15, 0.2) is 52.4 Å². The number of nitrogens with one attached hydrogen (secondary N) is 1. The second kappa shape index (κ2) is 10.2. The Morgan fingerprint density at radius 1 is 1.23 bits per heavy atom. The third kappa shape index (κ3) is 5.29. The fourth-order valence-corrected chi connectivity index (χ4v) is 4.60. The summed E-state index contributed by atoms with van der Waals surface area (Å²) in [6.07, 6.45) is 2.42. The number of halogens is 1. The van der Waals surface area contributed by atoms with E-state index in [4.69, 9.17) is 20.8 Å². The number of aromatic nitrogens is 1. The molecule has 1 saturated heterocycles. The van der Waals surface area contributed by atoms with Crippen LogP contribution in [-0.2, 0) is 16.0 Å². The Morgan fingerprint density at radius 2 is 2.07 bits per heavy atom. The number of carbonyl (C=O) groups is 1. The average Bonchev–Trinajstić information content (AvgIpc) is 3.46. The summed E-state index contributed by atoms with van der Waals surface area (Å²) in [5.41, 5.74) is 0.798. The second-order valence-corrected chi connectivity index (χ2v) is 8.47. The molecule has 2 aromatic heterocycles. The lowest BCUT2D eigenvalue weighted by Gasteiger charge is -2.34. The molecule has 3 heterocycles. The van der Waals surface area contributed by atoms with Crippen LogP contribution in [0.3, 0.4) is 0 Å². The van der Waals surface area contributed by atoms with Gasteiger partial charge in [0.2, 0.25) is 5.91 Å². The van der Waals surface area contributed by atoms with Crippen LogP contribution in [0, 0.1) is 0 Å².